The van der Waals surface area contributed by atoms with Crippen molar-refractivity contribution in [2.45, 2.75) is 38.3 Å². The third-order valence-electron chi connectivity index (χ3n) is 4.02. The third-order valence-corrected chi connectivity index (χ3v) is 5.06. The van der Waals surface area contributed by atoms with Gasteiger partial charge in [-0.15, -0.1) is 11.3 Å². The highest BCUT2D eigenvalue weighted by Gasteiger charge is 2.36. The summed E-state index contributed by atoms with van der Waals surface area (Å²) in [5, 5.41) is 8.74. The average Bonchev–Trinajstić information content (AvgIpc) is 3.14. The largest absolute Gasteiger partial charge is 0.344 e. The normalized spacial score (nSPS) is 23.2. The molecule has 1 saturated heterocycles. The first kappa shape index (κ1) is 14.3. The minimum absolute atomic E-state index is 0.0155. The SMILES string of the molecule is Cc1csc([C@H](NC(=O)N[C@H]2CCN(C)C2=O)C2CC2)n1. The zero-order valence-corrected chi connectivity index (χ0v) is 13.1. The highest BCUT2D eigenvalue weighted by Crippen LogP contribution is 2.41. The van der Waals surface area contributed by atoms with E-state index >= 15 is 0 Å². The summed E-state index contributed by atoms with van der Waals surface area (Å²) in [6.07, 6.45) is 2.91. The van der Waals surface area contributed by atoms with Gasteiger partial charge in [-0.05, 0) is 32.1 Å². The number of amides is 3. The first-order valence-electron chi connectivity index (χ1n) is 7.28. The molecule has 1 saturated carbocycles. The molecule has 0 bridgehead atoms. The summed E-state index contributed by atoms with van der Waals surface area (Å²) in [6, 6.07) is -0.695. The van der Waals surface area contributed by atoms with Crippen molar-refractivity contribution in [1.29, 1.82) is 0 Å². The summed E-state index contributed by atoms with van der Waals surface area (Å²) in [5.74, 6) is 0.460. The van der Waals surface area contributed by atoms with Gasteiger partial charge in [0.05, 0.1) is 6.04 Å². The van der Waals surface area contributed by atoms with E-state index in [0.29, 0.717) is 18.9 Å². The van der Waals surface area contributed by atoms with Crippen LogP contribution < -0.4 is 10.6 Å². The van der Waals surface area contributed by atoms with Crippen LogP contribution in [0.15, 0.2) is 5.38 Å². The maximum Gasteiger partial charge on any atom is 0.316 e. The smallest absolute Gasteiger partial charge is 0.316 e. The molecule has 3 amide bonds. The van der Waals surface area contributed by atoms with Crippen LogP contribution in [0.2, 0.25) is 0 Å². The molecule has 0 radical (unpaired) electrons. The molecule has 21 heavy (non-hydrogen) atoms. The number of likely N-dealkylation sites (tertiary alicyclic amines) is 1. The lowest BCUT2D eigenvalue weighted by molar-refractivity contribution is -0.128. The van der Waals surface area contributed by atoms with Crippen molar-refractivity contribution in [3.8, 4) is 0 Å². The van der Waals surface area contributed by atoms with E-state index < -0.39 is 6.04 Å². The molecule has 2 fully saturated rings. The van der Waals surface area contributed by atoms with E-state index in [-0.39, 0.29) is 18.0 Å². The first-order chi connectivity index (χ1) is 10.0. The predicted molar refractivity (Wildman–Crippen MR) is 80.0 cm³/mol. The third kappa shape index (κ3) is 3.18. The van der Waals surface area contributed by atoms with Gasteiger partial charge in [-0.25, -0.2) is 9.78 Å². The Balaban J connectivity index is 1.61. The monoisotopic (exact) mass is 308 g/mol. The standard InChI is InChI=1S/C14H20N4O2S/c1-8-7-21-12(15-8)11(9-3-4-9)17-14(20)16-10-5-6-18(2)13(10)19/h7,9-11H,3-6H2,1-2H3,(H2,16,17,20)/t10-,11+/m0/s1. The van der Waals surface area contributed by atoms with Gasteiger partial charge in [-0.3, -0.25) is 4.79 Å². The molecule has 0 aromatic carbocycles. The molecule has 3 rings (SSSR count). The van der Waals surface area contributed by atoms with Crippen molar-refractivity contribution >= 4 is 23.3 Å². The molecule has 1 aliphatic carbocycles. The number of nitrogens with one attached hydrogen (secondary N) is 2. The lowest BCUT2D eigenvalue weighted by atomic mass is 10.2. The molecular weight excluding hydrogens is 288 g/mol. The van der Waals surface area contributed by atoms with E-state index in [0.717, 1.165) is 23.5 Å². The summed E-state index contributed by atoms with van der Waals surface area (Å²) in [4.78, 5) is 30.1. The zero-order valence-electron chi connectivity index (χ0n) is 12.3. The summed E-state index contributed by atoms with van der Waals surface area (Å²) in [7, 11) is 1.76. The second kappa shape index (κ2) is 5.63. The molecule has 2 N–H and O–H groups in total. The number of rotatable bonds is 4. The summed E-state index contributed by atoms with van der Waals surface area (Å²) >= 11 is 1.58. The fourth-order valence-electron chi connectivity index (χ4n) is 2.62. The molecule has 0 spiro atoms. The number of carbonyl (C=O) groups is 2. The van der Waals surface area contributed by atoms with Crippen molar-refractivity contribution in [3.05, 3.63) is 16.1 Å². The number of aryl methyl sites for hydroxylation is 1. The number of urea groups is 1. The molecule has 1 aromatic heterocycles. The fourth-order valence-corrected chi connectivity index (χ4v) is 3.56. The molecule has 2 heterocycles. The minimum atomic E-state index is -0.395. The van der Waals surface area contributed by atoms with E-state index in [1.54, 1.807) is 23.3 Å². The van der Waals surface area contributed by atoms with E-state index in [1.807, 2.05) is 12.3 Å². The second-order valence-corrected chi connectivity index (χ2v) is 6.75. The van der Waals surface area contributed by atoms with E-state index in [9.17, 15) is 9.59 Å². The molecule has 1 aromatic rings. The maximum atomic E-state index is 12.2. The van der Waals surface area contributed by atoms with Crippen LogP contribution in [0.3, 0.4) is 0 Å². The Labute approximate surface area is 127 Å². The minimum Gasteiger partial charge on any atom is -0.344 e. The van der Waals surface area contributed by atoms with Gasteiger partial charge in [-0.1, -0.05) is 0 Å². The van der Waals surface area contributed by atoms with Crippen LogP contribution in [0.4, 0.5) is 4.79 Å². The van der Waals surface area contributed by atoms with E-state index in [1.165, 1.54) is 0 Å². The van der Waals surface area contributed by atoms with Crippen LogP contribution in [0, 0.1) is 12.8 Å². The van der Waals surface area contributed by atoms with E-state index in [4.69, 9.17) is 0 Å². The zero-order chi connectivity index (χ0) is 15.0. The number of carbonyl (C=O) groups excluding carboxylic acids is 2. The molecule has 2 atom stereocenters. The van der Waals surface area contributed by atoms with Gasteiger partial charge in [0.2, 0.25) is 5.91 Å². The Hall–Kier alpha value is -1.63. The quantitative estimate of drug-likeness (QED) is 0.883. The highest BCUT2D eigenvalue weighted by atomic mass is 32.1. The number of nitrogens with zero attached hydrogens (tertiary/aromatic N) is 2. The van der Waals surface area contributed by atoms with Gasteiger partial charge < -0.3 is 15.5 Å². The van der Waals surface area contributed by atoms with Gasteiger partial charge in [-0.2, -0.15) is 0 Å². The Kier molecular flexibility index (Phi) is 3.84. The number of aromatic nitrogens is 1. The predicted octanol–water partition coefficient (Wildman–Crippen LogP) is 1.43. The van der Waals surface area contributed by atoms with Crippen molar-refractivity contribution in [2.75, 3.05) is 13.6 Å². The van der Waals surface area contributed by atoms with Crippen LogP contribution in [-0.2, 0) is 4.79 Å². The number of thiazole rings is 1. The number of likely N-dealkylation sites (N-methyl/N-ethyl adjacent to an activating group) is 1. The van der Waals surface area contributed by atoms with Crippen LogP contribution in [0.1, 0.15) is 36.0 Å². The Morgan fingerprint density at radius 1 is 1.48 bits per heavy atom. The summed E-state index contributed by atoms with van der Waals surface area (Å²) in [6.45, 7) is 2.65. The molecule has 0 unspecified atom stereocenters. The Bertz CT molecular complexity index is 555. The molecule has 7 heteroatoms. The van der Waals surface area contributed by atoms with Crippen LogP contribution in [-0.4, -0.2) is 41.5 Å². The van der Waals surface area contributed by atoms with Crippen molar-refractivity contribution in [2.24, 2.45) is 5.92 Å². The summed E-state index contributed by atoms with van der Waals surface area (Å²) in [5.41, 5.74) is 0.982. The summed E-state index contributed by atoms with van der Waals surface area (Å²) < 4.78 is 0. The first-order valence-corrected chi connectivity index (χ1v) is 8.16. The van der Waals surface area contributed by atoms with Crippen LogP contribution in [0.5, 0.6) is 0 Å². The lowest BCUT2D eigenvalue weighted by Gasteiger charge is -2.18. The average molecular weight is 308 g/mol. The topological polar surface area (TPSA) is 74.3 Å². The van der Waals surface area contributed by atoms with Crippen LogP contribution in [0.25, 0.3) is 0 Å². The van der Waals surface area contributed by atoms with E-state index in [2.05, 4.69) is 15.6 Å². The van der Waals surface area contributed by atoms with Crippen LogP contribution >= 0.6 is 11.3 Å². The fraction of sp³-hybridized carbons (Fsp3) is 0.643. The highest BCUT2D eigenvalue weighted by molar-refractivity contribution is 7.09. The molecule has 2 aliphatic rings. The van der Waals surface area contributed by atoms with Gasteiger partial charge in [0.25, 0.3) is 0 Å². The second-order valence-electron chi connectivity index (χ2n) is 5.86. The van der Waals surface area contributed by atoms with Gasteiger partial charge in [0.15, 0.2) is 0 Å². The Morgan fingerprint density at radius 3 is 2.76 bits per heavy atom. The molecule has 6 nitrogen and oxygen atoms in total. The van der Waals surface area contributed by atoms with Gasteiger partial charge in [0.1, 0.15) is 11.0 Å². The molecule has 114 valence electrons. The van der Waals surface area contributed by atoms with Crippen molar-refractivity contribution < 1.29 is 9.59 Å². The number of hydrogen-bond acceptors (Lipinski definition) is 4. The lowest BCUT2D eigenvalue weighted by Crippen LogP contribution is -2.46. The number of hydrogen-bond donors (Lipinski definition) is 2. The maximum absolute atomic E-state index is 12.2. The van der Waals surface area contributed by atoms with Gasteiger partial charge >= 0.3 is 6.03 Å². The van der Waals surface area contributed by atoms with Gasteiger partial charge in [0, 0.05) is 24.7 Å². The van der Waals surface area contributed by atoms with Crippen molar-refractivity contribution in [3.63, 3.8) is 0 Å². The molecule has 1 aliphatic heterocycles. The Morgan fingerprint density at radius 2 is 2.24 bits per heavy atom. The molecular formula is C14H20N4O2S. The van der Waals surface area contributed by atoms with Crippen molar-refractivity contribution in [1.82, 2.24) is 20.5 Å².